The molecule has 0 aromatic heterocycles. The molecule has 1 unspecified atom stereocenters. The molecule has 0 radical (unpaired) electrons. The van der Waals surface area contributed by atoms with Gasteiger partial charge < -0.3 is 11.1 Å². The van der Waals surface area contributed by atoms with E-state index in [1.165, 1.54) is 16.7 Å². The molecule has 110 valence electrons. The third-order valence-corrected chi connectivity index (χ3v) is 3.67. The summed E-state index contributed by atoms with van der Waals surface area (Å²) in [6.45, 7) is 5.00. The number of primary amides is 1. The van der Waals surface area contributed by atoms with Gasteiger partial charge in [0.15, 0.2) is 0 Å². The predicted octanol–water partition coefficient (Wildman–Crippen LogP) is -0.0319. The molecule has 6 nitrogen and oxygen atoms in total. The minimum absolute atomic E-state index is 0.137. The van der Waals surface area contributed by atoms with Gasteiger partial charge in [0.2, 0.25) is 17.7 Å². The van der Waals surface area contributed by atoms with Crippen molar-refractivity contribution in [1.29, 1.82) is 0 Å². The van der Waals surface area contributed by atoms with Crippen LogP contribution in [0.3, 0.4) is 0 Å². The van der Waals surface area contributed by atoms with Crippen LogP contribution in [0.5, 0.6) is 0 Å². The molecule has 3 N–H and O–H groups in total. The number of likely N-dealkylation sites (N-methyl/N-ethyl adjacent to an activating group) is 1. The van der Waals surface area contributed by atoms with Gasteiger partial charge in [-0.25, -0.2) is 0 Å². The van der Waals surface area contributed by atoms with Crippen LogP contribution in [0.25, 0.3) is 0 Å². The lowest BCUT2D eigenvalue weighted by Crippen LogP contribution is -2.36. The lowest BCUT2D eigenvalue weighted by Gasteiger charge is -2.14. The molecule has 3 amide bonds. The highest BCUT2D eigenvalue weighted by atomic mass is 32.2. The Labute approximate surface area is 118 Å². The first-order chi connectivity index (χ1) is 9.06. The molecule has 19 heavy (non-hydrogen) atoms. The van der Waals surface area contributed by atoms with Gasteiger partial charge in [-0.15, -0.1) is 11.8 Å². The van der Waals surface area contributed by atoms with Crippen molar-refractivity contribution in [2.75, 3.05) is 25.9 Å². The van der Waals surface area contributed by atoms with E-state index in [0.717, 1.165) is 0 Å². The maximum atomic E-state index is 11.8. The largest absolute Gasteiger partial charge is 0.370 e. The van der Waals surface area contributed by atoms with E-state index in [9.17, 15) is 14.4 Å². The van der Waals surface area contributed by atoms with Crippen molar-refractivity contribution in [1.82, 2.24) is 10.2 Å². The molecule has 1 aliphatic rings. The van der Waals surface area contributed by atoms with Gasteiger partial charge in [-0.05, 0) is 7.05 Å². The molecule has 0 aliphatic carbocycles. The van der Waals surface area contributed by atoms with Gasteiger partial charge in [0.25, 0.3) is 0 Å². The van der Waals surface area contributed by atoms with Crippen LogP contribution >= 0.6 is 11.8 Å². The van der Waals surface area contributed by atoms with Gasteiger partial charge in [-0.1, -0.05) is 13.8 Å². The number of amides is 3. The Morgan fingerprint density at radius 2 is 2.11 bits per heavy atom. The fourth-order valence-corrected chi connectivity index (χ4v) is 2.68. The summed E-state index contributed by atoms with van der Waals surface area (Å²) >= 11 is 1.33. The van der Waals surface area contributed by atoms with Gasteiger partial charge in [-0.2, -0.15) is 0 Å². The van der Waals surface area contributed by atoms with E-state index >= 15 is 0 Å². The van der Waals surface area contributed by atoms with Crippen LogP contribution in [0.1, 0.15) is 26.7 Å². The van der Waals surface area contributed by atoms with E-state index in [1.54, 1.807) is 7.05 Å². The number of carbonyl (C=O) groups is 3. The van der Waals surface area contributed by atoms with Crippen molar-refractivity contribution < 1.29 is 14.4 Å². The van der Waals surface area contributed by atoms with Crippen LogP contribution in [-0.4, -0.2) is 53.8 Å². The number of nitrogens with zero attached hydrogens (tertiary/aromatic N) is 1. The second-order valence-corrected chi connectivity index (χ2v) is 5.08. The molecule has 0 aromatic carbocycles. The summed E-state index contributed by atoms with van der Waals surface area (Å²) < 4.78 is 0. The van der Waals surface area contributed by atoms with Gasteiger partial charge in [0.05, 0.1) is 5.25 Å². The monoisotopic (exact) mass is 289 g/mol. The Balaban J connectivity index is 0.00000154. The van der Waals surface area contributed by atoms with Crippen molar-refractivity contribution in [3.05, 3.63) is 0 Å². The van der Waals surface area contributed by atoms with Crippen LogP contribution < -0.4 is 11.1 Å². The molecule has 1 fully saturated rings. The smallest absolute Gasteiger partial charge is 0.242 e. The lowest BCUT2D eigenvalue weighted by molar-refractivity contribution is -0.138. The summed E-state index contributed by atoms with van der Waals surface area (Å²) in [5.41, 5.74) is 5.01. The zero-order valence-corrected chi connectivity index (χ0v) is 12.6. The number of nitrogens with one attached hydrogen (secondary N) is 1. The normalized spacial score (nSPS) is 18.3. The van der Waals surface area contributed by atoms with Crippen LogP contribution in [-0.2, 0) is 14.4 Å². The first kappa shape index (κ1) is 17.9. The maximum absolute atomic E-state index is 11.8. The number of hydrogen-bond donors (Lipinski definition) is 2. The zero-order chi connectivity index (χ0) is 14.8. The molecule has 0 spiro atoms. The highest BCUT2D eigenvalue weighted by Gasteiger charge is 2.38. The van der Waals surface area contributed by atoms with Crippen molar-refractivity contribution in [2.24, 2.45) is 5.73 Å². The minimum atomic E-state index is -0.388. The molecule has 1 saturated heterocycles. The van der Waals surface area contributed by atoms with E-state index in [0.29, 0.717) is 18.8 Å². The Morgan fingerprint density at radius 1 is 1.47 bits per heavy atom. The molecule has 7 heteroatoms. The quantitative estimate of drug-likeness (QED) is 0.642. The summed E-state index contributed by atoms with van der Waals surface area (Å²) in [4.78, 5) is 35.2. The maximum Gasteiger partial charge on any atom is 0.242 e. The van der Waals surface area contributed by atoms with Crippen molar-refractivity contribution in [2.45, 2.75) is 31.9 Å². The zero-order valence-electron chi connectivity index (χ0n) is 11.8. The van der Waals surface area contributed by atoms with E-state index < -0.39 is 0 Å². The summed E-state index contributed by atoms with van der Waals surface area (Å²) in [5.74, 6) is -0.193. The number of likely N-dealkylation sites (tertiary alicyclic amines) is 1. The minimum Gasteiger partial charge on any atom is -0.370 e. The SMILES string of the molecule is CC.CNCCN1C(=O)CC(SCCC(N)=O)C1=O. The Hall–Kier alpha value is -1.08. The molecule has 1 heterocycles. The second kappa shape index (κ2) is 9.80. The van der Waals surface area contributed by atoms with E-state index in [2.05, 4.69) is 5.32 Å². The summed E-state index contributed by atoms with van der Waals surface area (Å²) in [6.07, 6.45) is 0.463. The summed E-state index contributed by atoms with van der Waals surface area (Å²) in [7, 11) is 1.77. The first-order valence-electron chi connectivity index (χ1n) is 6.45. The third-order valence-electron chi connectivity index (χ3n) is 2.46. The molecule has 1 aliphatic heterocycles. The molecule has 0 aromatic rings. The second-order valence-electron chi connectivity index (χ2n) is 3.77. The van der Waals surface area contributed by atoms with Crippen molar-refractivity contribution in [3.8, 4) is 0 Å². The van der Waals surface area contributed by atoms with E-state index in [-0.39, 0.29) is 35.8 Å². The standard InChI is InChI=1S/C10H17N3O3S.C2H6/c1-12-3-4-13-9(15)6-7(10(13)16)17-5-2-8(11)14;1-2/h7,12H,2-6H2,1H3,(H2,11,14);1-2H3. The van der Waals surface area contributed by atoms with E-state index in [1.807, 2.05) is 13.8 Å². The van der Waals surface area contributed by atoms with Gasteiger partial charge >= 0.3 is 0 Å². The highest BCUT2D eigenvalue weighted by Crippen LogP contribution is 2.25. The molecule has 1 atom stereocenters. The molecular weight excluding hydrogens is 266 g/mol. The third kappa shape index (κ3) is 6.07. The Morgan fingerprint density at radius 3 is 2.63 bits per heavy atom. The fraction of sp³-hybridized carbons (Fsp3) is 0.750. The highest BCUT2D eigenvalue weighted by molar-refractivity contribution is 8.00. The summed E-state index contributed by atoms with van der Waals surface area (Å²) in [6, 6.07) is 0. The number of rotatable bonds is 7. The van der Waals surface area contributed by atoms with Crippen molar-refractivity contribution >= 4 is 29.5 Å². The molecule has 1 rings (SSSR count). The number of imide groups is 1. The Bertz CT molecular complexity index is 323. The van der Waals surface area contributed by atoms with Crippen LogP contribution in [0.4, 0.5) is 0 Å². The Kier molecular flexibility index (Phi) is 9.24. The topological polar surface area (TPSA) is 92.5 Å². The molecule has 0 saturated carbocycles. The lowest BCUT2D eigenvalue weighted by atomic mass is 10.4. The van der Waals surface area contributed by atoms with Gasteiger partial charge in [-0.3, -0.25) is 19.3 Å². The molecular formula is C12H23N3O3S. The predicted molar refractivity (Wildman–Crippen MR) is 76.7 cm³/mol. The summed E-state index contributed by atoms with van der Waals surface area (Å²) in [5, 5.41) is 2.55. The number of nitrogens with two attached hydrogens (primary N) is 1. The fourth-order valence-electron chi connectivity index (χ4n) is 1.54. The number of hydrogen-bond acceptors (Lipinski definition) is 5. The number of thioether (sulfide) groups is 1. The van der Waals surface area contributed by atoms with Crippen LogP contribution in [0.15, 0.2) is 0 Å². The van der Waals surface area contributed by atoms with Crippen LogP contribution in [0, 0.1) is 0 Å². The van der Waals surface area contributed by atoms with Crippen molar-refractivity contribution in [3.63, 3.8) is 0 Å². The average Bonchev–Trinajstić information content (AvgIpc) is 2.65. The molecule has 0 bridgehead atoms. The first-order valence-corrected chi connectivity index (χ1v) is 7.50. The van der Waals surface area contributed by atoms with E-state index in [4.69, 9.17) is 5.73 Å². The number of carbonyl (C=O) groups excluding carboxylic acids is 3. The van der Waals surface area contributed by atoms with Crippen LogP contribution in [0.2, 0.25) is 0 Å². The average molecular weight is 289 g/mol. The van der Waals surface area contributed by atoms with Gasteiger partial charge in [0.1, 0.15) is 0 Å². The van der Waals surface area contributed by atoms with Gasteiger partial charge in [0, 0.05) is 31.7 Å².